The van der Waals surface area contributed by atoms with Gasteiger partial charge in [-0.25, -0.2) is 0 Å². The molecule has 0 aromatic rings. The Morgan fingerprint density at radius 2 is 2.30 bits per heavy atom. The van der Waals surface area contributed by atoms with Crippen molar-refractivity contribution in [2.75, 3.05) is 13.3 Å². The van der Waals surface area contributed by atoms with E-state index in [1.165, 1.54) is 0 Å². The van der Waals surface area contributed by atoms with Crippen LogP contribution in [0.1, 0.15) is 0 Å². The van der Waals surface area contributed by atoms with E-state index in [9.17, 15) is 0 Å². The largest absolute Gasteiger partial charge is 0.281 e. The standard InChI is InChI=1S/C7H11NS2/c1-4-5-6-7(8-2)10-9-3/h4-6H,1H2,2-3H3/b6-5-,8-7?. The van der Waals surface area contributed by atoms with E-state index in [0.29, 0.717) is 0 Å². The summed E-state index contributed by atoms with van der Waals surface area (Å²) < 4.78 is 0. The second-order valence-electron chi connectivity index (χ2n) is 1.41. The van der Waals surface area contributed by atoms with E-state index in [1.54, 1.807) is 34.7 Å². The molecule has 56 valence electrons. The Labute approximate surface area is 70.1 Å². The van der Waals surface area contributed by atoms with Crippen LogP contribution in [0.2, 0.25) is 0 Å². The minimum Gasteiger partial charge on any atom is -0.281 e. The van der Waals surface area contributed by atoms with Crippen molar-refractivity contribution in [3.63, 3.8) is 0 Å². The lowest BCUT2D eigenvalue weighted by atomic mass is 10.5. The van der Waals surface area contributed by atoms with Gasteiger partial charge in [0.05, 0.1) is 0 Å². The predicted octanol–water partition coefficient (Wildman–Crippen LogP) is 2.77. The molecule has 0 spiro atoms. The zero-order chi connectivity index (χ0) is 7.82. The van der Waals surface area contributed by atoms with E-state index in [2.05, 4.69) is 11.6 Å². The van der Waals surface area contributed by atoms with Crippen LogP contribution < -0.4 is 0 Å². The Kier molecular flexibility index (Phi) is 6.86. The van der Waals surface area contributed by atoms with E-state index in [1.807, 2.05) is 18.4 Å². The van der Waals surface area contributed by atoms with Crippen LogP contribution in [-0.4, -0.2) is 18.3 Å². The molecule has 3 heteroatoms. The molecule has 0 aliphatic carbocycles. The third-order valence-corrected chi connectivity index (χ3v) is 2.43. The molecule has 0 aromatic carbocycles. The smallest absolute Gasteiger partial charge is 0.101 e. The van der Waals surface area contributed by atoms with Crippen LogP contribution in [0.4, 0.5) is 0 Å². The summed E-state index contributed by atoms with van der Waals surface area (Å²) in [5.74, 6) is 0. The Bertz CT molecular complexity index is 150. The van der Waals surface area contributed by atoms with Gasteiger partial charge in [-0.3, -0.25) is 4.99 Å². The first-order chi connectivity index (χ1) is 4.85. The molecule has 0 saturated heterocycles. The molecule has 0 heterocycles. The third kappa shape index (κ3) is 4.70. The topological polar surface area (TPSA) is 12.4 Å². The molecule has 0 radical (unpaired) electrons. The highest BCUT2D eigenvalue weighted by Gasteiger charge is 1.88. The minimum absolute atomic E-state index is 1.02. The fourth-order valence-corrected chi connectivity index (χ4v) is 1.66. The summed E-state index contributed by atoms with van der Waals surface area (Å²) in [6.07, 6.45) is 7.59. The number of hydrogen-bond acceptors (Lipinski definition) is 3. The maximum Gasteiger partial charge on any atom is 0.101 e. The van der Waals surface area contributed by atoms with Gasteiger partial charge in [0.25, 0.3) is 0 Å². The van der Waals surface area contributed by atoms with Crippen molar-refractivity contribution >= 4 is 26.6 Å². The Morgan fingerprint density at radius 3 is 2.70 bits per heavy atom. The van der Waals surface area contributed by atoms with Gasteiger partial charge in [-0.15, -0.1) is 0 Å². The van der Waals surface area contributed by atoms with Crippen molar-refractivity contribution in [1.29, 1.82) is 0 Å². The summed E-state index contributed by atoms with van der Waals surface area (Å²) in [5.41, 5.74) is 0. The molecule has 1 nitrogen and oxygen atoms in total. The second-order valence-corrected chi connectivity index (χ2v) is 3.82. The van der Waals surface area contributed by atoms with E-state index >= 15 is 0 Å². The maximum atomic E-state index is 4.04. The normalized spacial score (nSPS) is 12.4. The summed E-state index contributed by atoms with van der Waals surface area (Å²) in [4.78, 5) is 4.04. The summed E-state index contributed by atoms with van der Waals surface area (Å²) in [6.45, 7) is 3.57. The van der Waals surface area contributed by atoms with Crippen LogP contribution in [0.15, 0.2) is 29.8 Å². The number of aliphatic imine (C=N–C) groups is 1. The van der Waals surface area contributed by atoms with Gasteiger partial charge in [0.2, 0.25) is 0 Å². The minimum atomic E-state index is 1.02. The lowest BCUT2D eigenvalue weighted by Crippen LogP contribution is -1.80. The first kappa shape index (κ1) is 9.85. The van der Waals surface area contributed by atoms with Gasteiger partial charge in [0.15, 0.2) is 0 Å². The molecule has 0 atom stereocenters. The second kappa shape index (κ2) is 6.96. The summed E-state index contributed by atoms with van der Waals surface area (Å²) in [6, 6.07) is 0. The molecule has 0 unspecified atom stereocenters. The van der Waals surface area contributed by atoms with Gasteiger partial charge in [0, 0.05) is 7.05 Å². The zero-order valence-electron chi connectivity index (χ0n) is 6.20. The fraction of sp³-hybridized carbons (Fsp3) is 0.286. The average molecular weight is 173 g/mol. The van der Waals surface area contributed by atoms with Crippen molar-refractivity contribution in [3.8, 4) is 0 Å². The maximum absolute atomic E-state index is 4.04. The van der Waals surface area contributed by atoms with Gasteiger partial charge < -0.3 is 0 Å². The van der Waals surface area contributed by atoms with Crippen LogP contribution in [0.3, 0.4) is 0 Å². The summed E-state index contributed by atoms with van der Waals surface area (Å²) in [7, 11) is 5.12. The van der Waals surface area contributed by atoms with E-state index in [4.69, 9.17) is 0 Å². The molecule has 0 fully saturated rings. The number of allylic oxidation sites excluding steroid dienone is 2. The van der Waals surface area contributed by atoms with Gasteiger partial charge in [0.1, 0.15) is 5.04 Å². The molecule has 0 saturated carbocycles. The molecule has 0 amide bonds. The average Bonchev–Trinajstić information content (AvgIpc) is 1.98. The van der Waals surface area contributed by atoms with Crippen molar-refractivity contribution in [2.24, 2.45) is 4.99 Å². The molecule has 0 N–H and O–H groups in total. The van der Waals surface area contributed by atoms with E-state index in [0.717, 1.165) is 5.04 Å². The van der Waals surface area contributed by atoms with Gasteiger partial charge in [-0.05, 0) is 23.1 Å². The van der Waals surface area contributed by atoms with Crippen molar-refractivity contribution in [2.45, 2.75) is 0 Å². The monoisotopic (exact) mass is 173 g/mol. The Balaban J connectivity index is 3.84. The Hall–Kier alpha value is -0.150. The van der Waals surface area contributed by atoms with Crippen LogP contribution in [0.25, 0.3) is 0 Å². The summed E-state index contributed by atoms with van der Waals surface area (Å²) >= 11 is 0. The molecule has 0 aromatic heterocycles. The highest BCUT2D eigenvalue weighted by molar-refractivity contribution is 8.82. The highest BCUT2D eigenvalue weighted by Crippen LogP contribution is 2.19. The molecule has 10 heavy (non-hydrogen) atoms. The lowest BCUT2D eigenvalue weighted by Gasteiger charge is -1.92. The van der Waals surface area contributed by atoms with Crippen molar-refractivity contribution in [1.82, 2.24) is 0 Å². The molecular formula is C7H11NS2. The molecule has 0 rings (SSSR count). The highest BCUT2D eigenvalue weighted by atomic mass is 33.1. The van der Waals surface area contributed by atoms with Gasteiger partial charge in [-0.2, -0.15) is 0 Å². The third-order valence-electron chi connectivity index (χ3n) is 0.764. The SMILES string of the molecule is C=C/C=C\C(=NC)SSC. The molecule has 0 bridgehead atoms. The van der Waals surface area contributed by atoms with E-state index in [-0.39, 0.29) is 0 Å². The fourth-order valence-electron chi connectivity index (χ4n) is 0.375. The van der Waals surface area contributed by atoms with Crippen LogP contribution in [-0.2, 0) is 0 Å². The first-order valence-electron chi connectivity index (χ1n) is 2.81. The van der Waals surface area contributed by atoms with Crippen LogP contribution >= 0.6 is 21.6 Å². The first-order valence-corrected chi connectivity index (χ1v) is 5.37. The lowest BCUT2D eigenvalue weighted by molar-refractivity contribution is 1.47. The molecule has 0 aliphatic rings. The van der Waals surface area contributed by atoms with Gasteiger partial charge >= 0.3 is 0 Å². The number of rotatable bonds is 3. The predicted molar refractivity (Wildman–Crippen MR) is 53.8 cm³/mol. The van der Waals surface area contributed by atoms with Gasteiger partial charge in [-0.1, -0.05) is 29.5 Å². The zero-order valence-corrected chi connectivity index (χ0v) is 7.84. The number of nitrogens with zero attached hydrogens (tertiary/aromatic N) is 1. The molecule has 0 aliphatic heterocycles. The van der Waals surface area contributed by atoms with Crippen LogP contribution in [0, 0.1) is 0 Å². The van der Waals surface area contributed by atoms with Crippen molar-refractivity contribution < 1.29 is 0 Å². The molecular weight excluding hydrogens is 162 g/mol. The Morgan fingerprint density at radius 1 is 1.60 bits per heavy atom. The number of hydrogen-bond donors (Lipinski definition) is 0. The summed E-state index contributed by atoms with van der Waals surface area (Å²) in [5, 5.41) is 1.02. The van der Waals surface area contributed by atoms with E-state index < -0.39 is 0 Å². The van der Waals surface area contributed by atoms with Crippen molar-refractivity contribution in [3.05, 3.63) is 24.8 Å². The quantitative estimate of drug-likeness (QED) is 0.281. The van der Waals surface area contributed by atoms with Crippen LogP contribution in [0.5, 0.6) is 0 Å².